The lowest BCUT2D eigenvalue weighted by Crippen LogP contribution is -2.16. The SMILES string of the molecule is Cc1cn[nH]c1NC(=O)Cc1c(C)nn(C)c1C. The van der Waals surface area contributed by atoms with Crippen molar-refractivity contribution < 1.29 is 4.79 Å². The number of H-pyrrole nitrogens is 1. The minimum absolute atomic E-state index is 0.0680. The fourth-order valence-electron chi connectivity index (χ4n) is 1.89. The number of aromatic amines is 1. The van der Waals surface area contributed by atoms with Gasteiger partial charge in [0.15, 0.2) is 0 Å². The summed E-state index contributed by atoms with van der Waals surface area (Å²) in [6.07, 6.45) is 2.00. The van der Waals surface area contributed by atoms with Gasteiger partial charge in [-0.2, -0.15) is 10.2 Å². The first-order valence-corrected chi connectivity index (χ1v) is 5.78. The molecule has 0 spiro atoms. The fraction of sp³-hybridized carbons (Fsp3) is 0.417. The molecule has 0 aliphatic carbocycles. The van der Waals surface area contributed by atoms with Crippen LogP contribution >= 0.6 is 0 Å². The Morgan fingerprint density at radius 2 is 2.17 bits per heavy atom. The molecular formula is C12H17N5O. The molecule has 0 aliphatic heterocycles. The molecule has 0 aromatic carbocycles. The topological polar surface area (TPSA) is 75.6 Å². The molecule has 18 heavy (non-hydrogen) atoms. The van der Waals surface area contributed by atoms with Gasteiger partial charge in [0.1, 0.15) is 5.82 Å². The first-order chi connectivity index (χ1) is 8.49. The number of nitrogens with one attached hydrogen (secondary N) is 2. The van der Waals surface area contributed by atoms with Gasteiger partial charge in [-0.15, -0.1) is 0 Å². The molecule has 96 valence electrons. The van der Waals surface area contributed by atoms with Crippen molar-refractivity contribution in [1.29, 1.82) is 0 Å². The van der Waals surface area contributed by atoms with E-state index in [2.05, 4.69) is 20.6 Å². The molecule has 0 fully saturated rings. The van der Waals surface area contributed by atoms with Crippen LogP contribution in [-0.4, -0.2) is 25.9 Å². The molecule has 0 saturated heterocycles. The molecule has 2 heterocycles. The summed E-state index contributed by atoms with van der Waals surface area (Å²) in [5.74, 6) is 0.584. The predicted molar refractivity (Wildman–Crippen MR) is 68.3 cm³/mol. The van der Waals surface area contributed by atoms with Gasteiger partial charge in [0, 0.05) is 23.9 Å². The van der Waals surface area contributed by atoms with Crippen molar-refractivity contribution >= 4 is 11.7 Å². The van der Waals surface area contributed by atoms with E-state index in [1.54, 1.807) is 10.9 Å². The number of aryl methyl sites for hydroxylation is 3. The van der Waals surface area contributed by atoms with Crippen LogP contribution in [0.3, 0.4) is 0 Å². The average molecular weight is 247 g/mol. The Morgan fingerprint density at radius 3 is 2.67 bits per heavy atom. The zero-order chi connectivity index (χ0) is 13.3. The van der Waals surface area contributed by atoms with Crippen LogP contribution < -0.4 is 5.32 Å². The Balaban J connectivity index is 2.10. The summed E-state index contributed by atoms with van der Waals surface area (Å²) >= 11 is 0. The highest BCUT2D eigenvalue weighted by Crippen LogP contribution is 2.14. The lowest BCUT2D eigenvalue weighted by atomic mass is 10.1. The van der Waals surface area contributed by atoms with E-state index in [0.717, 1.165) is 22.5 Å². The normalized spacial score (nSPS) is 10.7. The zero-order valence-electron chi connectivity index (χ0n) is 11.0. The van der Waals surface area contributed by atoms with Crippen LogP contribution in [0.25, 0.3) is 0 Å². The molecular weight excluding hydrogens is 230 g/mol. The highest BCUT2D eigenvalue weighted by Gasteiger charge is 2.14. The van der Waals surface area contributed by atoms with Crippen molar-refractivity contribution in [3.63, 3.8) is 0 Å². The van der Waals surface area contributed by atoms with Gasteiger partial charge in [-0.1, -0.05) is 0 Å². The van der Waals surface area contributed by atoms with Gasteiger partial charge >= 0.3 is 0 Å². The first kappa shape index (κ1) is 12.3. The minimum Gasteiger partial charge on any atom is -0.311 e. The molecule has 1 amide bonds. The molecule has 0 unspecified atom stereocenters. The third-order valence-corrected chi connectivity index (χ3v) is 3.09. The number of anilines is 1. The average Bonchev–Trinajstić information content (AvgIpc) is 2.79. The summed E-state index contributed by atoms with van der Waals surface area (Å²) in [7, 11) is 1.88. The highest BCUT2D eigenvalue weighted by molar-refractivity contribution is 5.92. The van der Waals surface area contributed by atoms with Crippen molar-refractivity contribution in [3.8, 4) is 0 Å². The lowest BCUT2D eigenvalue weighted by Gasteiger charge is -2.04. The van der Waals surface area contributed by atoms with Gasteiger partial charge in [0.05, 0.1) is 18.3 Å². The summed E-state index contributed by atoms with van der Waals surface area (Å²) in [6.45, 7) is 5.76. The molecule has 0 saturated carbocycles. The Bertz CT molecular complexity index is 581. The van der Waals surface area contributed by atoms with E-state index < -0.39 is 0 Å². The predicted octanol–water partition coefficient (Wildman–Crippen LogP) is 1.25. The van der Waals surface area contributed by atoms with E-state index >= 15 is 0 Å². The smallest absolute Gasteiger partial charge is 0.230 e. The monoisotopic (exact) mass is 247 g/mol. The van der Waals surface area contributed by atoms with Gasteiger partial charge in [-0.25, -0.2) is 0 Å². The molecule has 2 N–H and O–H groups in total. The minimum atomic E-state index is -0.0680. The standard InChI is InChI=1S/C12H17N5O/c1-7-6-13-15-12(7)14-11(18)5-10-8(2)16-17(4)9(10)3/h6H,5H2,1-4H3,(H2,13,14,15,18). The number of hydrogen-bond acceptors (Lipinski definition) is 3. The Kier molecular flexibility index (Phi) is 3.18. The molecule has 2 aromatic heterocycles. The summed E-state index contributed by atoms with van der Waals surface area (Å²) in [6, 6.07) is 0. The highest BCUT2D eigenvalue weighted by atomic mass is 16.1. The number of carbonyl (C=O) groups is 1. The third kappa shape index (κ3) is 2.27. The van der Waals surface area contributed by atoms with E-state index in [1.807, 2.05) is 27.8 Å². The number of nitrogens with zero attached hydrogens (tertiary/aromatic N) is 3. The second kappa shape index (κ2) is 4.64. The number of carbonyl (C=O) groups excluding carboxylic acids is 1. The quantitative estimate of drug-likeness (QED) is 0.857. The second-order valence-corrected chi connectivity index (χ2v) is 4.43. The molecule has 0 atom stereocenters. The van der Waals surface area contributed by atoms with Gasteiger partial charge in [-0.3, -0.25) is 14.6 Å². The lowest BCUT2D eigenvalue weighted by molar-refractivity contribution is -0.115. The molecule has 6 nitrogen and oxygen atoms in total. The number of aromatic nitrogens is 4. The van der Waals surface area contributed by atoms with E-state index in [1.165, 1.54) is 0 Å². The molecule has 0 aliphatic rings. The summed E-state index contributed by atoms with van der Waals surface area (Å²) < 4.78 is 1.79. The molecule has 6 heteroatoms. The Hall–Kier alpha value is -2.11. The van der Waals surface area contributed by atoms with E-state index in [-0.39, 0.29) is 5.91 Å². The van der Waals surface area contributed by atoms with Crippen LogP contribution in [0.1, 0.15) is 22.5 Å². The van der Waals surface area contributed by atoms with E-state index in [4.69, 9.17) is 0 Å². The Labute approximate surface area is 105 Å². The van der Waals surface area contributed by atoms with Gasteiger partial charge < -0.3 is 5.32 Å². The maximum atomic E-state index is 11.9. The summed E-state index contributed by atoms with van der Waals surface area (Å²) in [4.78, 5) is 11.9. The van der Waals surface area contributed by atoms with Crippen molar-refractivity contribution in [1.82, 2.24) is 20.0 Å². The van der Waals surface area contributed by atoms with E-state index in [0.29, 0.717) is 12.2 Å². The van der Waals surface area contributed by atoms with Gasteiger partial charge in [0.25, 0.3) is 0 Å². The van der Waals surface area contributed by atoms with Crippen molar-refractivity contribution in [2.45, 2.75) is 27.2 Å². The molecule has 2 rings (SSSR count). The Morgan fingerprint density at radius 1 is 1.44 bits per heavy atom. The van der Waals surface area contributed by atoms with Crippen molar-refractivity contribution in [2.24, 2.45) is 7.05 Å². The maximum Gasteiger partial charge on any atom is 0.230 e. The first-order valence-electron chi connectivity index (χ1n) is 5.78. The molecule has 0 radical (unpaired) electrons. The van der Waals surface area contributed by atoms with Crippen LogP contribution in [0.2, 0.25) is 0 Å². The van der Waals surface area contributed by atoms with Crippen LogP contribution in [0, 0.1) is 20.8 Å². The van der Waals surface area contributed by atoms with Gasteiger partial charge in [0.2, 0.25) is 5.91 Å². The van der Waals surface area contributed by atoms with Crippen LogP contribution in [0.4, 0.5) is 5.82 Å². The summed E-state index contributed by atoms with van der Waals surface area (Å²) in [5, 5.41) is 13.7. The molecule has 2 aromatic rings. The number of amides is 1. The zero-order valence-corrected chi connectivity index (χ0v) is 11.0. The second-order valence-electron chi connectivity index (χ2n) is 4.43. The maximum absolute atomic E-state index is 11.9. The third-order valence-electron chi connectivity index (χ3n) is 3.09. The summed E-state index contributed by atoms with van der Waals surface area (Å²) in [5.41, 5.74) is 3.81. The van der Waals surface area contributed by atoms with E-state index in [9.17, 15) is 4.79 Å². The molecule has 0 bridgehead atoms. The number of hydrogen-bond donors (Lipinski definition) is 2. The van der Waals surface area contributed by atoms with Crippen LogP contribution in [-0.2, 0) is 18.3 Å². The van der Waals surface area contributed by atoms with Crippen LogP contribution in [0.5, 0.6) is 0 Å². The van der Waals surface area contributed by atoms with Gasteiger partial charge in [-0.05, 0) is 20.8 Å². The largest absolute Gasteiger partial charge is 0.311 e. The van der Waals surface area contributed by atoms with Crippen molar-refractivity contribution in [3.05, 3.63) is 28.7 Å². The number of rotatable bonds is 3. The van der Waals surface area contributed by atoms with Crippen molar-refractivity contribution in [2.75, 3.05) is 5.32 Å². The fourth-order valence-corrected chi connectivity index (χ4v) is 1.89. The van der Waals surface area contributed by atoms with Crippen LogP contribution in [0.15, 0.2) is 6.20 Å².